The van der Waals surface area contributed by atoms with E-state index in [4.69, 9.17) is 0 Å². The lowest BCUT2D eigenvalue weighted by Crippen LogP contribution is -2.11. The molecular formula is C17H17N3O. The van der Waals surface area contributed by atoms with Crippen molar-refractivity contribution in [2.75, 3.05) is 5.32 Å². The van der Waals surface area contributed by atoms with Gasteiger partial charge in [0.1, 0.15) is 0 Å². The number of aromatic nitrogens is 2. The zero-order valence-electron chi connectivity index (χ0n) is 12.1. The van der Waals surface area contributed by atoms with E-state index in [1.54, 1.807) is 6.33 Å². The molecule has 0 aliphatic carbocycles. The average molecular weight is 279 g/mol. The van der Waals surface area contributed by atoms with Crippen molar-refractivity contribution >= 4 is 22.6 Å². The summed E-state index contributed by atoms with van der Waals surface area (Å²) in [5, 5.41) is 2.90. The zero-order chi connectivity index (χ0) is 14.8. The standard InChI is InChI=1S/C17H17N3O/c1-11(2)12-3-5-13(6-4-12)17(21)20-14-7-8-15-16(9-14)19-10-18-15/h3-11H,1-2H3,(H,18,19)(H,20,21). The van der Waals surface area contributed by atoms with Crippen molar-refractivity contribution in [2.45, 2.75) is 19.8 Å². The minimum absolute atomic E-state index is 0.107. The lowest BCUT2D eigenvalue weighted by molar-refractivity contribution is 0.102. The molecule has 0 spiro atoms. The van der Waals surface area contributed by atoms with Crippen LogP contribution in [0.2, 0.25) is 0 Å². The van der Waals surface area contributed by atoms with Gasteiger partial charge in [0.25, 0.3) is 5.91 Å². The van der Waals surface area contributed by atoms with Crippen LogP contribution >= 0.6 is 0 Å². The number of carbonyl (C=O) groups excluding carboxylic acids is 1. The molecule has 1 heterocycles. The minimum atomic E-state index is -0.107. The number of H-pyrrole nitrogens is 1. The summed E-state index contributed by atoms with van der Waals surface area (Å²) in [5.41, 5.74) is 4.43. The Morgan fingerprint density at radius 3 is 2.62 bits per heavy atom. The molecule has 0 aliphatic rings. The van der Waals surface area contributed by atoms with Crippen molar-refractivity contribution in [3.8, 4) is 0 Å². The number of nitrogens with zero attached hydrogens (tertiary/aromatic N) is 1. The first-order valence-corrected chi connectivity index (χ1v) is 6.98. The molecule has 4 nitrogen and oxygen atoms in total. The van der Waals surface area contributed by atoms with Crippen molar-refractivity contribution < 1.29 is 4.79 Å². The predicted molar refractivity (Wildman–Crippen MR) is 84.6 cm³/mol. The Balaban J connectivity index is 1.78. The topological polar surface area (TPSA) is 57.8 Å². The minimum Gasteiger partial charge on any atom is -0.345 e. The molecule has 21 heavy (non-hydrogen) atoms. The molecule has 3 rings (SSSR count). The summed E-state index contributed by atoms with van der Waals surface area (Å²) in [6.45, 7) is 4.27. The molecule has 2 aromatic carbocycles. The number of imidazole rings is 1. The second-order valence-corrected chi connectivity index (χ2v) is 5.37. The Morgan fingerprint density at radius 2 is 1.90 bits per heavy atom. The summed E-state index contributed by atoms with van der Waals surface area (Å²) in [5.74, 6) is 0.356. The third-order valence-corrected chi connectivity index (χ3v) is 3.52. The van der Waals surface area contributed by atoms with Gasteiger partial charge in [0.15, 0.2) is 0 Å². The van der Waals surface area contributed by atoms with E-state index in [0.717, 1.165) is 16.7 Å². The summed E-state index contributed by atoms with van der Waals surface area (Å²) < 4.78 is 0. The van der Waals surface area contributed by atoms with Crippen molar-refractivity contribution in [3.05, 3.63) is 59.9 Å². The zero-order valence-corrected chi connectivity index (χ0v) is 12.1. The van der Waals surface area contributed by atoms with Gasteiger partial charge in [-0.3, -0.25) is 4.79 Å². The molecule has 106 valence electrons. The van der Waals surface area contributed by atoms with E-state index in [9.17, 15) is 4.79 Å². The molecule has 0 unspecified atom stereocenters. The molecule has 1 amide bonds. The van der Waals surface area contributed by atoms with Crippen molar-refractivity contribution in [1.82, 2.24) is 9.97 Å². The monoisotopic (exact) mass is 279 g/mol. The van der Waals surface area contributed by atoms with Gasteiger partial charge >= 0.3 is 0 Å². The van der Waals surface area contributed by atoms with Gasteiger partial charge in [-0.2, -0.15) is 0 Å². The molecule has 1 aromatic heterocycles. The van der Waals surface area contributed by atoms with Crippen LogP contribution in [0.3, 0.4) is 0 Å². The largest absolute Gasteiger partial charge is 0.345 e. The maximum absolute atomic E-state index is 12.2. The lowest BCUT2D eigenvalue weighted by atomic mass is 10.0. The summed E-state index contributed by atoms with van der Waals surface area (Å²) in [6, 6.07) is 13.3. The van der Waals surface area contributed by atoms with Gasteiger partial charge < -0.3 is 10.3 Å². The SMILES string of the molecule is CC(C)c1ccc(C(=O)Nc2ccc3nc[nH]c3c2)cc1. The molecule has 0 fully saturated rings. The fraction of sp³-hybridized carbons (Fsp3) is 0.176. The maximum Gasteiger partial charge on any atom is 0.255 e. The highest BCUT2D eigenvalue weighted by molar-refractivity contribution is 6.04. The van der Waals surface area contributed by atoms with Gasteiger partial charge in [0.2, 0.25) is 0 Å². The Morgan fingerprint density at radius 1 is 1.14 bits per heavy atom. The molecule has 0 atom stereocenters. The molecule has 4 heteroatoms. The van der Waals surface area contributed by atoms with Crippen LogP contribution in [-0.4, -0.2) is 15.9 Å². The Bertz CT molecular complexity index is 772. The van der Waals surface area contributed by atoms with E-state index in [-0.39, 0.29) is 5.91 Å². The van der Waals surface area contributed by atoms with E-state index in [1.165, 1.54) is 5.56 Å². The number of anilines is 1. The number of benzene rings is 2. The first-order chi connectivity index (χ1) is 10.1. The molecule has 0 radical (unpaired) electrons. The van der Waals surface area contributed by atoms with Gasteiger partial charge in [-0.1, -0.05) is 26.0 Å². The molecule has 3 aromatic rings. The van der Waals surface area contributed by atoms with Crippen LogP contribution < -0.4 is 5.32 Å². The van der Waals surface area contributed by atoms with Gasteiger partial charge in [-0.05, 0) is 41.8 Å². The van der Waals surface area contributed by atoms with Crippen LogP contribution in [0, 0.1) is 0 Å². The van der Waals surface area contributed by atoms with Gasteiger partial charge in [-0.15, -0.1) is 0 Å². The first kappa shape index (κ1) is 13.4. The van der Waals surface area contributed by atoms with Crippen molar-refractivity contribution in [3.63, 3.8) is 0 Å². The normalized spacial score (nSPS) is 11.0. The Hall–Kier alpha value is -2.62. The molecule has 0 aliphatic heterocycles. The molecule has 0 bridgehead atoms. The van der Waals surface area contributed by atoms with Crippen molar-refractivity contribution in [1.29, 1.82) is 0 Å². The highest BCUT2D eigenvalue weighted by atomic mass is 16.1. The van der Waals surface area contributed by atoms with Crippen LogP contribution in [0.25, 0.3) is 11.0 Å². The number of hydrogen-bond donors (Lipinski definition) is 2. The van der Waals surface area contributed by atoms with Crippen LogP contribution in [0.1, 0.15) is 35.7 Å². The van der Waals surface area contributed by atoms with Crippen LogP contribution in [-0.2, 0) is 0 Å². The lowest BCUT2D eigenvalue weighted by Gasteiger charge is -2.08. The van der Waals surface area contributed by atoms with Crippen LogP contribution in [0.4, 0.5) is 5.69 Å². The highest BCUT2D eigenvalue weighted by Gasteiger charge is 2.08. The van der Waals surface area contributed by atoms with Crippen LogP contribution in [0.15, 0.2) is 48.8 Å². The highest BCUT2D eigenvalue weighted by Crippen LogP contribution is 2.18. The summed E-state index contributed by atoms with van der Waals surface area (Å²) in [4.78, 5) is 19.4. The second-order valence-electron chi connectivity index (χ2n) is 5.37. The number of nitrogens with one attached hydrogen (secondary N) is 2. The Labute approximate surface area is 123 Å². The molecule has 0 saturated carbocycles. The van der Waals surface area contributed by atoms with E-state index >= 15 is 0 Å². The summed E-state index contributed by atoms with van der Waals surface area (Å²) in [7, 11) is 0. The fourth-order valence-electron chi connectivity index (χ4n) is 2.24. The van der Waals surface area contributed by atoms with E-state index < -0.39 is 0 Å². The second kappa shape index (κ2) is 5.40. The predicted octanol–water partition coefficient (Wildman–Crippen LogP) is 3.94. The average Bonchev–Trinajstić information content (AvgIpc) is 2.95. The molecule has 2 N–H and O–H groups in total. The smallest absolute Gasteiger partial charge is 0.255 e. The quantitative estimate of drug-likeness (QED) is 0.763. The number of carbonyl (C=O) groups is 1. The number of rotatable bonds is 3. The van der Waals surface area contributed by atoms with E-state index in [2.05, 4.69) is 29.1 Å². The van der Waals surface area contributed by atoms with Crippen LogP contribution in [0.5, 0.6) is 0 Å². The molecular weight excluding hydrogens is 262 g/mol. The van der Waals surface area contributed by atoms with E-state index in [1.807, 2.05) is 42.5 Å². The van der Waals surface area contributed by atoms with Crippen molar-refractivity contribution in [2.24, 2.45) is 0 Å². The first-order valence-electron chi connectivity index (χ1n) is 6.98. The number of fused-ring (bicyclic) bond motifs is 1. The molecule has 0 saturated heterocycles. The third kappa shape index (κ3) is 2.79. The van der Waals surface area contributed by atoms with Gasteiger partial charge in [-0.25, -0.2) is 4.98 Å². The maximum atomic E-state index is 12.2. The van der Waals surface area contributed by atoms with E-state index in [0.29, 0.717) is 11.5 Å². The number of amides is 1. The number of aromatic amines is 1. The number of hydrogen-bond acceptors (Lipinski definition) is 2. The third-order valence-electron chi connectivity index (χ3n) is 3.52. The Kier molecular flexibility index (Phi) is 3.44. The summed E-state index contributed by atoms with van der Waals surface area (Å²) >= 11 is 0. The fourth-order valence-corrected chi connectivity index (χ4v) is 2.24. The summed E-state index contributed by atoms with van der Waals surface area (Å²) in [6.07, 6.45) is 1.64. The van der Waals surface area contributed by atoms with Gasteiger partial charge in [0, 0.05) is 11.3 Å². The van der Waals surface area contributed by atoms with Gasteiger partial charge in [0.05, 0.1) is 17.4 Å².